The Morgan fingerprint density at radius 2 is 2.15 bits per heavy atom. The maximum absolute atomic E-state index is 12.2. The summed E-state index contributed by atoms with van der Waals surface area (Å²) >= 11 is 6.52. The van der Waals surface area contributed by atoms with Gasteiger partial charge >= 0.3 is 0 Å². The van der Waals surface area contributed by atoms with Crippen LogP contribution in [0.4, 0.5) is 0 Å². The minimum absolute atomic E-state index is 0.0590. The van der Waals surface area contributed by atoms with Crippen molar-refractivity contribution in [2.75, 3.05) is 6.54 Å². The van der Waals surface area contributed by atoms with Crippen molar-refractivity contribution in [1.82, 2.24) is 4.90 Å². The van der Waals surface area contributed by atoms with Crippen molar-refractivity contribution in [3.63, 3.8) is 0 Å². The van der Waals surface area contributed by atoms with E-state index in [1.807, 2.05) is 50.3 Å². The number of carbonyl (C=O) groups excluding carboxylic acids is 1. The summed E-state index contributed by atoms with van der Waals surface area (Å²) in [5, 5.41) is 6.89. The predicted molar refractivity (Wildman–Crippen MR) is 111 cm³/mol. The number of thioether (sulfide) groups is 1. The largest absolute Gasteiger partial charge is 0.483 e. The van der Waals surface area contributed by atoms with Gasteiger partial charge in [0.05, 0.1) is 4.91 Å². The van der Waals surface area contributed by atoms with E-state index in [9.17, 15) is 4.79 Å². The minimum atomic E-state index is -0.250. The molecular weight excluding hydrogens is 370 g/mol. The Bertz CT molecular complexity index is 759. The van der Waals surface area contributed by atoms with Crippen LogP contribution < -0.4 is 0 Å². The third-order valence-electron chi connectivity index (χ3n) is 3.23. The van der Waals surface area contributed by atoms with Gasteiger partial charge < -0.3 is 9.52 Å². The zero-order chi connectivity index (χ0) is 19.5. The monoisotopic (exact) mass is 391 g/mol. The molecule has 0 aliphatic carbocycles. The lowest BCUT2D eigenvalue weighted by atomic mass is 10.1. The van der Waals surface area contributed by atoms with Crippen LogP contribution in [0.5, 0.6) is 0 Å². The van der Waals surface area contributed by atoms with Crippen LogP contribution >= 0.6 is 24.0 Å². The molecule has 0 unspecified atom stereocenters. The van der Waals surface area contributed by atoms with Gasteiger partial charge in [-0.15, -0.1) is 6.58 Å². The van der Waals surface area contributed by atoms with E-state index >= 15 is 0 Å². The molecule has 1 aliphatic rings. The lowest BCUT2D eigenvalue weighted by molar-refractivity contribution is -0.123. The van der Waals surface area contributed by atoms with E-state index in [0.717, 1.165) is 17.8 Å². The smallest absolute Gasteiger partial charge is 0.290 e. The number of carboxylic acid groups (broad SMARTS) is 1. The summed E-state index contributed by atoms with van der Waals surface area (Å²) in [5.41, 5.74) is 0.994. The van der Waals surface area contributed by atoms with Gasteiger partial charge in [0.1, 0.15) is 15.8 Å². The molecule has 1 aromatic heterocycles. The number of nitrogens with zero attached hydrogens (tertiary/aromatic N) is 1. The Hall–Kier alpha value is -2.38. The number of thiocarbonyl (C=S) groups is 1. The second kappa shape index (κ2) is 11.3. The highest BCUT2D eigenvalue weighted by Gasteiger charge is 2.30. The van der Waals surface area contributed by atoms with Crippen LogP contribution in [0.25, 0.3) is 11.6 Å². The molecule has 2 heterocycles. The summed E-state index contributed by atoms with van der Waals surface area (Å²) in [4.78, 5) is 22.8. The van der Waals surface area contributed by atoms with E-state index in [-0.39, 0.29) is 12.4 Å². The maximum atomic E-state index is 12.2. The average Bonchev–Trinajstić information content (AvgIpc) is 3.17. The molecule has 0 bridgehead atoms. The summed E-state index contributed by atoms with van der Waals surface area (Å²) in [5.74, 6) is 1.35. The average molecular weight is 392 g/mol. The summed E-state index contributed by atoms with van der Waals surface area (Å²) in [6.45, 7) is 7.93. The van der Waals surface area contributed by atoms with Crippen LogP contribution in [0, 0.1) is 0 Å². The van der Waals surface area contributed by atoms with E-state index in [4.69, 9.17) is 26.5 Å². The molecule has 0 aromatic carbocycles. The molecule has 0 spiro atoms. The third kappa shape index (κ3) is 5.86. The first-order valence-electron chi connectivity index (χ1n) is 7.89. The van der Waals surface area contributed by atoms with E-state index < -0.39 is 0 Å². The fourth-order valence-corrected chi connectivity index (χ4v) is 3.49. The van der Waals surface area contributed by atoms with Crippen molar-refractivity contribution < 1.29 is 19.1 Å². The highest BCUT2D eigenvalue weighted by atomic mass is 32.2. The lowest BCUT2D eigenvalue weighted by Gasteiger charge is -2.09. The number of rotatable bonds is 6. The maximum Gasteiger partial charge on any atom is 0.290 e. The molecule has 0 atom stereocenters. The number of carbonyl (C=O) groups is 2. The van der Waals surface area contributed by atoms with Gasteiger partial charge in [-0.25, -0.2) is 0 Å². The van der Waals surface area contributed by atoms with E-state index in [2.05, 4.69) is 6.58 Å². The summed E-state index contributed by atoms with van der Waals surface area (Å²) in [6, 6.07) is 3.76. The molecule has 5 nitrogen and oxygen atoms in total. The van der Waals surface area contributed by atoms with Crippen LogP contribution in [-0.2, 0) is 9.59 Å². The second-order valence-electron chi connectivity index (χ2n) is 4.92. The predicted octanol–water partition coefficient (Wildman–Crippen LogP) is 4.74. The van der Waals surface area contributed by atoms with E-state index in [0.29, 0.717) is 21.5 Å². The van der Waals surface area contributed by atoms with Crippen LogP contribution in [0.2, 0.25) is 0 Å². The summed E-state index contributed by atoms with van der Waals surface area (Å²) in [7, 11) is 0. The second-order valence-corrected chi connectivity index (χ2v) is 6.59. The van der Waals surface area contributed by atoms with Crippen molar-refractivity contribution in [2.45, 2.75) is 20.3 Å². The molecular formula is C19H21NO4S2. The standard InChI is InChI=1S/C18H19NO2S2.CH2O2/c1-4-7-9-13(8-5-2)15-11-10-14(21-15)12-16-17(20)19(6-3)18(22)23-16;2-1-3/h4-5,8-12H,1,6-7H2,2-3H3;1H,(H,2,3)/b8-5-,13-9?,16-12+;. The van der Waals surface area contributed by atoms with Gasteiger partial charge in [0.2, 0.25) is 0 Å². The highest BCUT2D eigenvalue weighted by molar-refractivity contribution is 8.26. The van der Waals surface area contributed by atoms with Crippen LogP contribution in [0.3, 0.4) is 0 Å². The number of hydrogen-bond donors (Lipinski definition) is 1. The Balaban J connectivity index is 0.00000105. The Morgan fingerprint density at radius 1 is 1.46 bits per heavy atom. The van der Waals surface area contributed by atoms with Gasteiger partial charge in [0.25, 0.3) is 12.4 Å². The van der Waals surface area contributed by atoms with Gasteiger partial charge in [-0.05, 0) is 32.4 Å². The van der Waals surface area contributed by atoms with Gasteiger partial charge in [-0.1, -0.05) is 48.3 Å². The van der Waals surface area contributed by atoms with Gasteiger partial charge in [-0.2, -0.15) is 0 Å². The molecule has 1 N–H and O–H groups in total. The molecule has 1 aromatic rings. The van der Waals surface area contributed by atoms with Crippen molar-refractivity contribution in [2.24, 2.45) is 0 Å². The fourth-order valence-electron chi connectivity index (χ4n) is 2.13. The number of hydrogen-bond acceptors (Lipinski definition) is 5. The molecule has 138 valence electrons. The van der Waals surface area contributed by atoms with Crippen LogP contribution in [0.15, 0.2) is 52.3 Å². The molecule has 1 amide bonds. The van der Waals surface area contributed by atoms with Crippen molar-refractivity contribution in [1.29, 1.82) is 0 Å². The zero-order valence-electron chi connectivity index (χ0n) is 14.7. The minimum Gasteiger partial charge on any atom is -0.483 e. The SMILES string of the molecule is C=CCC=C(/C=C\C)c1ccc(/C=C2/SC(=S)N(CC)C2=O)o1.O=CO. The molecule has 1 saturated heterocycles. The van der Waals surface area contributed by atoms with Gasteiger partial charge in [-0.3, -0.25) is 14.5 Å². The third-order valence-corrected chi connectivity index (χ3v) is 4.60. The van der Waals surface area contributed by atoms with Crippen molar-refractivity contribution in [3.05, 3.63) is 59.4 Å². The fraction of sp³-hybridized carbons (Fsp3) is 0.211. The number of furan rings is 1. The van der Waals surface area contributed by atoms with Crippen LogP contribution in [0.1, 0.15) is 31.8 Å². The topological polar surface area (TPSA) is 70.8 Å². The lowest BCUT2D eigenvalue weighted by Crippen LogP contribution is -2.27. The molecule has 0 radical (unpaired) electrons. The van der Waals surface area contributed by atoms with E-state index in [1.165, 1.54) is 11.8 Å². The Morgan fingerprint density at radius 3 is 2.69 bits per heavy atom. The molecule has 1 fully saturated rings. The number of amides is 1. The van der Waals surface area contributed by atoms with Gasteiger partial charge in [0.15, 0.2) is 0 Å². The molecule has 7 heteroatoms. The summed E-state index contributed by atoms with van der Waals surface area (Å²) < 4.78 is 6.45. The zero-order valence-corrected chi connectivity index (χ0v) is 16.3. The quantitative estimate of drug-likeness (QED) is 0.248. The summed E-state index contributed by atoms with van der Waals surface area (Å²) in [6.07, 6.45) is 10.4. The molecule has 2 rings (SSSR count). The van der Waals surface area contributed by atoms with Gasteiger partial charge in [0, 0.05) is 18.2 Å². The first kappa shape index (κ1) is 21.7. The normalized spacial score (nSPS) is 16.2. The Kier molecular flexibility index (Phi) is 9.40. The Labute approximate surface area is 162 Å². The molecule has 26 heavy (non-hydrogen) atoms. The first-order chi connectivity index (χ1) is 12.5. The first-order valence-corrected chi connectivity index (χ1v) is 9.11. The van der Waals surface area contributed by atoms with Crippen molar-refractivity contribution >= 4 is 52.3 Å². The molecule has 1 aliphatic heterocycles. The van der Waals surface area contributed by atoms with E-state index in [1.54, 1.807) is 11.0 Å². The van der Waals surface area contributed by atoms with Crippen molar-refractivity contribution in [3.8, 4) is 0 Å². The number of allylic oxidation sites excluding steroid dienone is 5. The highest BCUT2D eigenvalue weighted by Crippen LogP contribution is 2.33. The van der Waals surface area contributed by atoms with Crippen LogP contribution in [-0.4, -0.2) is 33.3 Å². The number of likely N-dealkylation sites (N-methyl/N-ethyl adjacent to an activating group) is 1. The molecule has 0 saturated carbocycles.